The number of aryl methyl sites for hydroxylation is 2. The van der Waals surface area contributed by atoms with Gasteiger partial charge >= 0.3 is 5.69 Å². The molecule has 80 valence electrons. The Labute approximate surface area is 88.7 Å². The molecule has 3 heteroatoms. The van der Waals surface area contributed by atoms with E-state index in [1.165, 1.54) is 5.56 Å². The molecule has 0 amide bonds. The van der Waals surface area contributed by atoms with Crippen LogP contribution < -0.4 is 5.69 Å². The van der Waals surface area contributed by atoms with Crippen LogP contribution in [0, 0.1) is 6.92 Å². The predicted molar refractivity (Wildman–Crippen MR) is 62.4 cm³/mol. The van der Waals surface area contributed by atoms with Gasteiger partial charge in [-0.3, -0.25) is 4.57 Å². The maximum Gasteiger partial charge on any atom is 0.326 e. The van der Waals surface area contributed by atoms with Crippen molar-refractivity contribution in [1.82, 2.24) is 9.55 Å². The second kappa shape index (κ2) is 3.26. The number of hydrogen-bond donors (Lipinski definition) is 1. The summed E-state index contributed by atoms with van der Waals surface area (Å²) < 4.78 is 1.66. The third kappa shape index (κ3) is 1.48. The number of rotatable bonds is 1. The highest BCUT2D eigenvalue weighted by Crippen LogP contribution is 2.22. The number of aromatic nitrogens is 2. The van der Waals surface area contributed by atoms with Gasteiger partial charge in [0.15, 0.2) is 0 Å². The van der Waals surface area contributed by atoms with Gasteiger partial charge in [-0.25, -0.2) is 4.79 Å². The molecule has 0 spiro atoms. The van der Waals surface area contributed by atoms with Crippen molar-refractivity contribution in [2.45, 2.75) is 26.7 Å². The Bertz CT molecular complexity index is 561. The summed E-state index contributed by atoms with van der Waals surface area (Å²) in [5.74, 6) is 0.484. The number of imidazole rings is 1. The quantitative estimate of drug-likeness (QED) is 0.760. The molecule has 1 heterocycles. The van der Waals surface area contributed by atoms with E-state index in [9.17, 15) is 4.79 Å². The van der Waals surface area contributed by atoms with Crippen molar-refractivity contribution < 1.29 is 0 Å². The Morgan fingerprint density at radius 2 is 2.00 bits per heavy atom. The molecule has 0 fully saturated rings. The van der Waals surface area contributed by atoms with Crippen LogP contribution >= 0.6 is 0 Å². The zero-order valence-corrected chi connectivity index (χ0v) is 9.59. The molecule has 2 rings (SSSR count). The average Bonchev–Trinajstić information content (AvgIpc) is 2.45. The van der Waals surface area contributed by atoms with E-state index in [2.05, 4.69) is 31.0 Å². The van der Waals surface area contributed by atoms with Crippen LogP contribution in [0.25, 0.3) is 11.0 Å². The van der Waals surface area contributed by atoms with E-state index in [-0.39, 0.29) is 5.69 Å². The number of hydrogen-bond acceptors (Lipinski definition) is 1. The molecule has 1 N–H and O–H groups in total. The van der Waals surface area contributed by atoms with Gasteiger partial charge < -0.3 is 4.98 Å². The van der Waals surface area contributed by atoms with E-state index >= 15 is 0 Å². The summed E-state index contributed by atoms with van der Waals surface area (Å²) in [6.07, 6.45) is 0. The smallest absolute Gasteiger partial charge is 0.305 e. The summed E-state index contributed by atoms with van der Waals surface area (Å²) in [6, 6.07) is 4.23. The Morgan fingerprint density at radius 3 is 2.60 bits per heavy atom. The lowest BCUT2D eigenvalue weighted by Gasteiger charge is -2.07. The van der Waals surface area contributed by atoms with Crippen molar-refractivity contribution in [3.05, 3.63) is 33.7 Å². The number of benzene rings is 1. The fraction of sp³-hybridized carbons (Fsp3) is 0.417. The Balaban J connectivity index is 2.85. The zero-order valence-electron chi connectivity index (χ0n) is 9.59. The topological polar surface area (TPSA) is 37.8 Å². The van der Waals surface area contributed by atoms with E-state index in [4.69, 9.17) is 0 Å². The molecular formula is C12H16N2O. The summed E-state index contributed by atoms with van der Waals surface area (Å²) >= 11 is 0. The lowest BCUT2D eigenvalue weighted by atomic mass is 10.0. The fourth-order valence-corrected chi connectivity index (χ4v) is 1.86. The third-order valence-corrected chi connectivity index (χ3v) is 2.90. The molecule has 15 heavy (non-hydrogen) atoms. The Hall–Kier alpha value is -1.51. The van der Waals surface area contributed by atoms with Crippen LogP contribution in [0.4, 0.5) is 0 Å². The summed E-state index contributed by atoms with van der Waals surface area (Å²) in [5.41, 5.74) is 4.30. The van der Waals surface area contributed by atoms with Crippen molar-refractivity contribution in [1.29, 1.82) is 0 Å². The highest BCUT2D eigenvalue weighted by molar-refractivity contribution is 5.79. The highest BCUT2D eigenvalue weighted by Gasteiger charge is 2.08. The van der Waals surface area contributed by atoms with Gasteiger partial charge in [0.05, 0.1) is 11.0 Å². The van der Waals surface area contributed by atoms with Crippen LogP contribution in [0.15, 0.2) is 16.9 Å². The first-order chi connectivity index (χ1) is 7.00. The van der Waals surface area contributed by atoms with Gasteiger partial charge in [-0.15, -0.1) is 0 Å². The fourth-order valence-electron chi connectivity index (χ4n) is 1.86. The Morgan fingerprint density at radius 1 is 1.33 bits per heavy atom. The number of nitrogens with zero attached hydrogens (tertiary/aromatic N) is 1. The van der Waals surface area contributed by atoms with Gasteiger partial charge in [-0.2, -0.15) is 0 Å². The minimum atomic E-state index is -0.0472. The second-order valence-electron chi connectivity index (χ2n) is 4.38. The molecule has 0 saturated carbocycles. The van der Waals surface area contributed by atoms with Gasteiger partial charge in [0.1, 0.15) is 0 Å². The molecular weight excluding hydrogens is 188 g/mol. The van der Waals surface area contributed by atoms with Crippen molar-refractivity contribution in [2.24, 2.45) is 7.05 Å². The number of fused-ring (bicyclic) bond motifs is 1. The molecule has 0 aliphatic carbocycles. The molecule has 0 atom stereocenters. The summed E-state index contributed by atoms with van der Waals surface area (Å²) in [7, 11) is 1.80. The molecule has 0 aliphatic heterocycles. The van der Waals surface area contributed by atoms with E-state index in [1.54, 1.807) is 11.6 Å². The standard InChI is InChI=1S/C12H16N2O/c1-7(2)9-5-8(3)11-10(6-9)14(4)12(15)13-11/h5-7H,1-4H3,(H,13,15). The van der Waals surface area contributed by atoms with E-state index in [1.807, 2.05) is 6.92 Å². The lowest BCUT2D eigenvalue weighted by Crippen LogP contribution is -2.11. The molecule has 0 bridgehead atoms. The molecule has 1 aromatic heterocycles. The molecule has 0 unspecified atom stereocenters. The molecule has 1 aromatic carbocycles. The van der Waals surface area contributed by atoms with Crippen molar-refractivity contribution in [3.63, 3.8) is 0 Å². The van der Waals surface area contributed by atoms with Gasteiger partial charge in [-0.05, 0) is 30.0 Å². The molecule has 0 radical (unpaired) electrons. The minimum absolute atomic E-state index is 0.0472. The van der Waals surface area contributed by atoms with Crippen LogP contribution in [0.2, 0.25) is 0 Å². The van der Waals surface area contributed by atoms with E-state index < -0.39 is 0 Å². The summed E-state index contributed by atoms with van der Waals surface area (Å²) in [5, 5.41) is 0. The van der Waals surface area contributed by atoms with Crippen LogP contribution in [0.5, 0.6) is 0 Å². The first kappa shape index (κ1) is 10.0. The SMILES string of the molecule is Cc1cc(C(C)C)cc2c1[nH]c(=O)n2C. The van der Waals surface area contributed by atoms with Gasteiger partial charge in [-0.1, -0.05) is 19.9 Å². The molecule has 0 saturated heterocycles. The molecule has 2 aromatic rings. The predicted octanol–water partition coefficient (Wildman–Crippen LogP) is 2.30. The van der Waals surface area contributed by atoms with Gasteiger partial charge in [0, 0.05) is 7.05 Å². The number of nitrogens with one attached hydrogen (secondary N) is 1. The first-order valence-corrected chi connectivity index (χ1v) is 5.20. The first-order valence-electron chi connectivity index (χ1n) is 5.20. The van der Waals surface area contributed by atoms with Crippen molar-refractivity contribution >= 4 is 11.0 Å². The van der Waals surface area contributed by atoms with Crippen molar-refractivity contribution in [3.8, 4) is 0 Å². The van der Waals surface area contributed by atoms with Crippen LogP contribution in [-0.2, 0) is 7.05 Å². The summed E-state index contributed by atoms with van der Waals surface area (Å²) in [4.78, 5) is 14.3. The number of aromatic amines is 1. The van der Waals surface area contributed by atoms with E-state index in [0.29, 0.717) is 5.92 Å². The Kier molecular flexibility index (Phi) is 2.18. The minimum Gasteiger partial charge on any atom is -0.305 e. The molecule has 0 aliphatic rings. The third-order valence-electron chi connectivity index (χ3n) is 2.90. The maximum absolute atomic E-state index is 11.5. The largest absolute Gasteiger partial charge is 0.326 e. The van der Waals surface area contributed by atoms with Crippen LogP contribution in [-0.4, -0.2) is 9.55 Å². The van der Waals surface area contributed by atoms with Gasteiger partial charge in [0.25, 0.3) is 0 Å². The van der Waals surface area contributed by atoms with Gasteiger partial charge in [0.2, 0.25) is 0 Å². The van der Waals surface area contributed by atoms with Crippen molar-refractivity contribution in [2.75, 3.05) is 0 Å². The average molecular weight is 204 g/mol. The number of H-pyrrole nitrogens is 1. The van der Waals surface area contributed by atoms with E-state index in [0.717, 1.165) is 16.6 Å². The monoisotopic (exact) mass is 204 g/mol. The lowest BCUT2D eigenvalue weighted by molar-refractivity contribution is 0.860. The van der Waals surface area contributed by atoms with Crippen LogP contribution in [0.1, 0.15) is 30.9 Å². The highest BCUT2D eigenvalue weighted by atomic mass is 16.1. The van der Waals surface area contributed by atoms with Crippen LogP contribution in [0.3, 0.4) is 0 Å². The second-order valence-corrected chi connectivity index (χ2v) is 4.38. The zero-order chi connectivity index (χ0) is 11.2. The molecule has 3 nitrogen and oxygen atoms in total. The summed E-state index contributed by atoms with van der Waals surface area (Å²) in [6.45, 7) is 6.35. The maximum atomic E-state index is 11.5. The normalized spacial score (nSPS) is 11.5.